The topological polar surface area (TPSA) is 50.7 Å². The summed E-state index contributed by atoms with van der Waals surface area (Å²) in [5, 5.41) is 12.9. The molecule has 0 aromatic carbocycles. The fourth-order valence-electron chi connectivity index (χ4n) is 1.42. The Morgan fingerprint density at radius 2 is 2.00 bits per heavy atom. The summed E-state index contributed by atoms with van der Waals surface area (Å²) in [4.78, 5) is 0. The van der Waals surface area contributed by atoms with Crippen molar-refractivity contribution in [1.82, 2.24) is 5.32 Å². The molecule has 18 heavy (non-hydrogen) atoms. The van der Waals surface area contributed by atoms with Gasteiger partial charge in [-0.15, -0.1) is 6.58 Å². The Balaban J connectivity index is 3.26. The molecule has 0 saturated heterocycles. The van der Waals surface area contributed by atoms with Gasteiger partial charge in [-0.25, -0.2) is 0 Å². The molecule has 0 aliphatic carbocycles. The molecule has 4 heteroatoms. The molecule has 2 atom stereocenters. The summed E-state index contributed by atoms with van der Waals surface area (Å²) in [6.07, 6.45) is 4.54. The van der Waals surface area contributed by atoms with E-state index in [1.54, 1.807) is 0 Å². The molecule has 0 aromatic heterocycles. The summed E-state index contributed by atoms with van der Waals surface area (Å²) in [5.74, 6) is 0. The molecule has 0 radical (unpaired) electrons. The number of aliphatic hydroxyl groups is 1. The second-order valence-corrected chi connectivity index (χ2v) is 4.53. The predicted octanol–water partition coefficient (Wildman–Crippen LogP) is 1.73. The highest BCUT2D eigenvalue weighted by molar-refractivity contribution is 4.75. The summed E-state index contributed by atoms with van der Waals surface area (Å²) < 4.78 is 10.7. The fraction of sp³-hybridized carbons (Fsp3) is 0.857. The molecule has 0 amide bonds. The van der Waals surface area contributed by atoms with E-state index in [-0.39, 0.29) is 0 Å². The first kappa shape index (κ1) is 17.6. The second-order valence-electron chi connectivity index (χ2n) is 4.53. The van der Waals surface area contributed by atoms with E-state index < -0.39 is 6.10 Å². The van der Waals surface area contributed by atoms with E-state index in [4.69, 9.17) is 9.47 Å². The van der Waals surface area contributed by atoms with Crippen molar-refractivity contribution in [1.29, 1.82) is 0 Å². The van der Waals surface area contributed by atoms with Crippen LogP contribution in [-0.4, -0.2) is 50.2 Å². The molecular weight excluding hydrogens is 230 g/mol. The summed E-state index contributed by atoms with van der Waals surface area (Å²) in [6, 6.07) is 0.342. The van der Waals surface area contributed by atoms with E-state index in [2.05, 4.69) is 25.7 Å². The van der Waals surface area contributed by atoms with Crippen molar-refractivity contribution in [2.45, 2.75) is 45.3 Å². The summed E-state index contributed by atoms with van der Waals surface area (Å²) >= 11 is 0. The number of hydrogen-bond acceptors (Lipinski definition) is 4. The molecule has 0 fully saturated rings. The van der Waals surface area contributed by atoms with Gasteiger partial charge < -0.3 is 19.9 Å². The van der Waals surface area contributed by atoms with Crippen molar-refractivity contribution >= 4 is 0 Å². The van der Waals surface area contributed by atoms with E-state index >= 15 is 0 Å². The third-order valence-electron chi connectivity index (χ3n) is 2.55. The average molecular weight is 259 g/mol. The zero-order valence-corrected chi connectivity index (χ0v) is 11.9. The number of hydrogen-bond donors (Lipinski definition) is 2. The van der Waals surface area contributed by atoms with Crippen LogP contribution in [0.25, 0.3) is 0 Å². The van der Waals surface area contributed by atoms with E-state index in [1.165, 1.54) is 0 Å². The standard InChI is InChI=1S/C14H29NO3/c1-4-6-8-17-9-10-18-12-14(16)11-15-13(3)7-5-2/h5,13-16H,2,4,6-12H2,1,3H3. The zero-order valence-electron chi connectivity index (χ0n) is 11.9. The van der Waals surface area contributed by atoms with Gasteiger partial charge in [-0.2, -0.15) is 0 Å². The summed E-state index contributed by atoms with van der Waals surface area (Å²) in [5.41, 5.74) is 0. The van der Waals surface area contributed by atoms with Gasteiger partial charge in [-0.1, -0.05) is 19.4 Å². The van der Waals surface area contributed by atoms with E-state index in [0.717, 1.165) is 25.9 Å². The third kappa shape index (κ3) is 12.0. The van der Waals surface area contributed by atoms with Gasteiger partial charge in [0, 0.05) is 19.2 Å². The molecule has 4 nitrogen and oxygen atoms in total. The van der Waals surface area contributed by atoms with Crippen molar-refractivity contribution < 1.29 is 14.6 Å². The van der Waals surface area contributed by atoms with Crippen molar-refractivity contribution in [3.63, 3.8) is 0 Å². The first-order valence-electron chi connectivity index (χ1n) is 6.88. The van der Waals surface area contributed by atoms with Crippen molar-refractivity contribution in [2.75, 3.05) is 33.0 Å². The lowest BCUT2D eigenvalue weighted by molar-refractivity contribution is 0.00335. The SMILES string of the molecule is C=CCC(C)NCC(O)COCCOCCCC. The van der Waals surface area contributed by atoms with Gasteiger partial charge in [-0.05, 0) is 19.8 Å². The lowest BCUT2D eigenvalue weighted by atomic mass is 10.2. The molecule has 0 saturated carbocycles. The smallest absolute Gasteiger partial charge is 0.0897 e. The Morgan fingerprint density at radius 3 is 2.67 bits per heavy atom. The largest absolute Gasteiger partial charge is 0.389 e. The highest BCUT2D eigenvalue weighted by atomic mass is 16.5. The quantitative estimate of drug-likeness (QED) is 0.391. The molecule has 108 valence electrons. The highest BCUT2D eigenvalue weighted by Gasteiger charge is 2.06. The van der Waals surface area contributed by atoms with Gasteiger partial charge in [0.15, 0.2) is 0 Å². The molecule has 0 rings (SSSR count). The normalized spacial score (nSPS) is 14.4. The average Bonchev–Trinajstić information content (AvgIpc) is 2.35. The van der Waals surface area contributed by atoms with Crippen LogP contribution in [0.3, 0.4) is 0 Å². The van der Waals surface area contributed by atoms with Gasteiger partial charge in [-0.3, -0.25) is 0 Å². The van der Waals surface area contributed by atoms with Crippen LogP contribution in [0.2, 0.25) is 0 Å². The van der Waals surface area contributed by atoms with Crippen LogP contribution < -0.4 is 5.32 Å². The van der Waals surface area contributed by atoms with Gasteiger partial charge >= 0.3 is 0 Å². The lowest BCUT2D eigenvalue weighted by Gasteiger charge is -2.16. The van der Waals surface area contributed by atoms with Gasteiger partial charge in [0.05, 0.1) is 25.9 Å². The minimum Gasteiger partial charge on any atom is -0.389 e. The monoisotopic (exact) mass is 259 g/mol. The van der Waals surface area contributed by atoms with Crippen LogP contribution >= 0.6 is 0 Å². The first-order valence-corrected chi connectivity index (χ1v) is 6.88. The molecule has 0 aromatic rings. The van der Waals surface area contributed by atoms with Crippen molar-refractivity contribution in [3.05, 3.63) is 12.7 Å². The number of nitrogens with one attached hydrogen (secondary N) is 1. The highest BCUT2D eigenvalue weighted by Crippen LogP contribution is 1.92. The van der Waals surface area contributed by atoms with Crippen LogP contribution in [0.15, 0.2) is 12.7 Å². The molecular formula is C14H29NO3. The van der Waals surface area contributed by atoms with Gasteiger partial charge in [0.2, 0.25) is 0 Å². The maximum Gasteiger partial charge on any atom is 0.0897 e. The molecule has 2 unspecified atom stereocenters. The lowest BCUT2D eigenvalue weighted by Crippen LogP contribution is -2.35. The number of unbranched alkanes of at least 4 members (excludes halogenated alkanes) is 1. The predicted molar refractivity (Wildman–Crippen MR) is 74.8 cm³/mol. The Hall–Kier alpha value is -0.420. The fourth-order valence-corrected chi connectivity index (χ4v) is 1.42. The van der Waals surface area contributed by atoms with E-state index in [1.807, 2.05) is 6.08 Å². The van der Waals surface area contributed by atoms with E-state index in [0.29, 0.717) is 32.4 Å². The Kier molecular flexibility index (Phi) is 12.7. The number of rotatable bonds is 13. The van der Waals surface area contributed by atoms with Crippen LogP contribution in [0.5, 0.6) is 0 Å². The number of ether oxygens (including phenoxy) is 2. The Bertz CT molecular complexity index is 188. The minimum atomic E-state index is -0.465. The molecule has 0 spiro atoms. The maximum absolute atomic E-state index is 9.65. The van der Waals surface area contributed by atoms with Crippen molar-refractivity contribution in [3.8, 4) is 0 Å². The van der Waals surface area contributed by atoms with Gasteiger partial charge in [0.1, 0.15) is 0 Å². The third-order valence-corrected chi connectivity index (χ3v) is 2.55. The van der Waals surface area contributed by atoms with Crippen LogP contribution in [-0.2, 0) is 9.47 Å². The molecule has 2 N–H and O–H groups in total. The molecule has 0 aliphatic heterocycles. The second kappa shape index (κ2) is 13.0. The first-order chi connectivity index (χ1) is 8.70. The maximum atomic E-state index is 9.65. The molecule has 0 aliphatic rings. The van der Waals surface area contributed by atoms with Crippen LogP contribution in [0.4, 0.5) is 0 Å². The van der Waals surface area contributed by atoms with Crippen LogP contribution in [0, 0.1) is 0 Å². The zero-order chi connectivity index (χ0) is 13.6. The number of aliphatic hydroxyl groups excluding tert-OH is 1. The van der Waals surface area contributed by atoms with E-state index in [9.17, 15) is 5.11 Å². The Morgan fingerprint density at radius 1 is 1.28 bits per heavy atom. The van der Waals surface area contributed by atoms with Crippen LogP contribution in [0.1, 0.15) is 33.1 Å². The molecule has 0 heterocycles. The summed E-state index contributed by atoms with van der Waals surface area (Å²) in [7, 11) is 0. The molecule has 0 bridgehead atoms. The Labute approximate surface area is 111 Å². The van der Waals surface area contributed by atoms with Gasteiger partial charge in [0.25, 0.3) is 0 Å². The summed E-state index contributed by atoms with van der Waals surface area (Å²) in [6.45, 7) is 10.7. The minimum absolute atomic E-state index is 0.342. The van der Waals surface area contributed by atoms with Crippen molar-refractivity contribution in [2.24, 2.45) is 0 Å².